The second-order valence-corrected chi connectivity index (χ2v) is 10.3. The summed E-state index contributed by atoms with van der Waals surface area (Å²) in [6, 6.07) is 26.4. The number of carbonyl (C=O) groups is 1. The van der Waals surface area contributed by atoms with Gasteiger partial charge in [-0.1, -0.05) is 77.8 Å². The van der Waals surface area contributed by atoms with E-state index in [1.54, 1.807) is 0 Å². The summed E-state index contributed by atoms with van der Waals surface area (Å²) in [5, 5.41) is 4.84. The topological polar surface area (TPSA) is 33.5 Å². The van der Waals surface area contributed by atoms with Crippen LogP contribution in [0, 0.1) is 0 Å². The number of amides is 1. The first kappa shape index (κ1) is 24.8. The van der Waals surface area contributed by atoms with Gasteiger partial charge in [-0.2, -0.15) is 0 Å². The monoisotopic (exact) mass is 495 g/mol. The van der Waals surface area contributed by atoms with E-state index in [0.29, 0.717) is 5.02 Å². The quantitative estimate of drug-likeness (QED) is 0.427. The third kappa shape index (κ3) is 6.63. The van der Waals surface area contributed by atoms with Crippen LogP contribution in [0.5, 0.6) is 0 Å². The Kier molecular flexibility index (Phi) is 8.66. The molecule has 2 unspecified atom stereocenters. The molecule has 1 heterocycles. The van der Waals surface area contributed by atoms with E-state index in [1.807, 2.05) is 30.3 Å². The summed E-state index contributed by atoms with van der Waals surface area (Å²) in [6.07, 6.45) is 4.02. The van der Waals surface area contributed by atoms with E-state index in [9.17, 15) is 4.79 Å². The third-order valence-corrected chi connectivity index (χ3v) is 7.47. The highest BCUT2D eigenvalue weighted by molar-refractivity contribution is 6.30. The molecule has 34 heavy (non-hydrogen) atoms. The second-order valence-electron chi connectivity index (χ2n) is 9.40. The highest BCUT2D eigenvalue weighted by Crippen LogP contribution is 2.27. The first-order valence-corrected chi connectivity index (χ1v) is 12.9. The molecule has 1 aliphatic rings. The molecule has 4 atom stereocenters. The maximum atomic E-state index is 13.5. The van der Waals surface area contributed by atoms with E-state index in [1.165, 1.54) is 28.0 Å². The van der Waals surface area contributed by atoms with Crippen LogP contribution in [-0.2, 0) is 17.8 Å². The number of carbonyl (C=O) groups excluding carboxylic acids is 1. The van der Waals surface area contributed by atoms with Gasteiger partial charge in [0, 0.05) is 34.0 Å². The Hall–Kier alpha value is -2.33. The molecule has 4 rings (SSSR count). The minimum atomic E-state index is -0.0238. The van der Waals surface area contributed by atoms with Crippen LogP contribution in [0.15, 0.2) is 78.9 Å². The summed E-state index contributed by atoms with van der Waals surface area (Å²) in [6.45, 7) is 4.04. The average molecular weight is 497 g/mol. The predicted molar refractivity (Wildman–Crippen MR) is 141 cm³/mol. The van der Waals surface area contributed by atoms with Gasteiger partial charge in [0.2, 0.25) is 0 Å². The third-order valence-electron chi connectivity index (χ3n) is 6.96. The van der Waals surface area contributed by atoms with Gasteiger partial charge in [-0.3, -0.25) is 4.79 Å². The van der Waals surface area contributed by atoms with Crippen molar-refractivity contribution in [1.29, 1.82) is 0 Å². The first-order valence-electron chi connectivity index (χ1n) is 12.2. The second kappa shape index (κ2) is 11.9. The molecule has 0 radical (unpaired) electrons. The van der Waals surface area contributed by atoms with Crippen LogP contribution < -0.4 is 10.2 Å². The van der Waals surface area contributed by atoms with Gasteiger partial charge >= 0.3 is 0 Å². The number of hydrogen-bond acceptors (Lipinski definition) is 1. The lowest BCUT2D eigenvalue weighted by atomic mass is 9.86. The van der Waals surface area contributed by atoms with Gasteiger partial charge in [-0.05, 0) is 61.6 Å². The van der Waals surface area contributed by atoms with Gasteiger partial charge in [0.1, 0.15) is 6.54 Å². The van der Waals surface area contributed by atoms with Crippen molar-refractivity contribution in [2.75, 3.05) is 6.54 Å². The van der Waals surface area contributed by atoms with Crippen molar-refractivity contribution in [3.8, 4) is 0 Å². The average Bonchev–Trinajstić information content (AvgIpc) is 2.85. The minimum absolute atomic E-state index is 0.0159. The van der Waals surface area contributed by atoms with Crippen molar-refractivity contribution in [3.05, 3.63) is 106 Å². The van der Waals surface area contributed by atoms with Crippen molar-refractivity contribution < 1.29 is 9.69 Å². The first-order chi connectivity index (χ1) is 16.5. The van der Waals surface area contributed by atoms with Gasteiger partial charge in [0.05, 0.1) is 6.54 Å². The Morgan fingerprint density at radius 2 is 1.56 bits per heavy atom. The van der Waals surface area contributed by atoms with Gasteiger partial charge in [0.15, 0.2) is 6.04 Å². The molecule has 178 valence electrons. The number of quaternary nitrogens is 1. The van der Waals surface area contributed by atoms with Gasteiger partial charge in [0.25, 0.3) is 5.91 Å². The van der Waals surface area contributed by atoms with Crippen LogP contribution in [0.1, 0.15) is 48.8 Å². The summed E-state index contributed by atoms with van der Waals surface area (Å²) in [7, 11) is 0. The van der Waals surface area contributed by atoms with E-state index in [-0.39, 0.29) is 23.9 Å². The van der Waals surface area contributed by atoms with Gasteiger partial charge in [-0.15, -0.1) is 0 Å². The number of rotatable bonds is 8. The summed E-state index contributed by atoms with van der Waals surface area (Å²) in [5.74, 6) is 0.289. The molecule has 1 fully saturated rings. The highest BCUT2D eigenvalue weighted by Gasteiger charge is 2.34. The number of nitrogens with one attached hydrogen (secondary N) is 2. The van der Waals surface area contributed by atoms with Crippen LogP contribution in [0.3, 0.4) is 0 Å². The van der Waals surface area contributed by atoms with E-state index in [2.05, 4.69) is 60.8 Å². The van der Waals surface area contributed by atoms with E-state index < -0.39 is 0 Å². The van der Waals surface area contributed by atoms with Crippen molar-refractivity contribution in [3.63, 3.8) is 0 Å². The fraction of sp³-hybridized carbons (Fsp3) is 0.345. The van der Waals surface area contributed by atoms with E-state index in [4.69, 9.17) is 23.2 Å². The van der Waals surface area contributed by atoms with E-state index >= 15 is 0 Å². The maximum absolute atomic E-state index is 13.5. The lowest BCUT2D eigenvalue weighted by Crippen LogP contribution is -3.16. The Balaban J connectivity index is 1.49. The van der Waals surface area contributed by atoms with E-state index in [0.717, 1.165) is 37.4 Å². The Bertz CT molecular complexity index is 1050. The van der Waals surface area contributed by atoms with Gasteiger partial charge in [-0.25, -0.2) is 0 Å². The molecule has 1 saturated heterocycles. The largest absolute Gasteiger partial charge is 0.348 e. The lowest BCUT2D eigenvalue weighted by molar-refractivity contribution is -0.934. The van der Waals surface area contributed by atoms with Crippen molar-refractivity contribution in [1.82, 2.24) is 5.32 Å². The molecule has 2 N–H and O–H groups in total. The predicted octanol–water partition coefficient (Wildman–Crippen LogP) is 5.46. The Morgan fingerprint density at radius 1 is 0.912 bits per heavy atom. The molecular weight excluding hydrogens is 463 g/mol. The fourth-order valence-electron chi connectivity index (χ4n) is 5.06. The van der Waals surface area contributed by atoms with Crippen LogP contribution in [-0.4, -0.2) is 24.5 Å². The summed E-state index contributed by atoms with van der Waals surface area (Å²) in [4.78, 5) is 14.9. The highest BCUT2D eigenvalue weighted by atomic mass is 35.5. The molecule has 5 heteroatoms. The SMILES string of the molecule is C[C@@H](NC(=O)C1CCCC[NH+]1Cc1ccccc1)[C@H](Cc1ccc(Cl)cc1)c1ccc(Cl)cc1. The number of piperidine rings is 1. The molecular formula is C29H33Cl2N2O+. The van der Waals surface area contributed by atoms with Crippen LogP contribution >= 0.6 is 23.2 Å². The molecule has 0 aliphatic carbocycles. The maximum Gasteiger partial charge on any atom is 0.278 e. The molecule has 3 nitrogen and oxygen atoms in total. The normalized spacial score (nSPS) is 19.9. The summed E-state index contributed by atoms with van der Waals surface area (Å²) < 4.78 is 0. The number of benzene rings is 3. The zero-order valence-corrected chi connectivity index (χ0v) is 21.2. The molecule has 0 spiro atoms. The number of likely N-dealkylation sites (tertiary alicyclic amines) is 1. The van der Waals surface area contributed by atoms with Gasteiger partial charge < -0.3 is 10.2 Å². The standard InChI is InChI=1S/C29H32Cl2N2O/c1-21(27(24-12-16-26(31)17-13-24)19-22-10-14-25(30)15-11-22)32-29(34)28-9-5-6-18-33(28)20-23-7-3-2-4-8-23/h2-4,7-8,10-17,21,27-28H,5-6,9,18-20H2,1H3,(H,32,34)/p+1/t21-,27+,28?/m1/s1. The minimum Gasteiger partial charge on any atom is -0.348 e. The molecule has 0 bridgehead atoms. The zero-order chi connectivity index (χ0) is 23.9. The van der Waals surface area contributed by atoms with Crippen molar-refractivity contribution >= 4 is 29.1 Å². The smallest absolute Gasteiger partial charge is 0.278 e. The molecule has 3 aromatic rings. The lowest BCUT2D eigenvalue weighted by Gasteiger charge is -2.34. The number of halogens is 2. The van der Waals surface area contributed by atoms with Crippen LogP contribution in [0.25, 0.3) is 0 Å². The van der Waals surface area contributed by atoms with Crippen molar-refractivity contribution in [2.45, 2.75) is 57.2 Å². The summed E-state index contributed by atoms with van der Waals surface area (Å²) in [5.41, 5.74) is 3.65. The van der Waals surface area contributed by atoms with Crippen LogP contribution in [0.4, 0.5) is 0 Å². The van der Waals surface area contributed by atoms with Crippen LogP contribution in [0.2, 0.25) is 10.0 Å². The molecule has 0 saturated carbocycles. The fourth-order valence-corrected chi connectivity index (χ4v) is 5.31. The molecule has 1 amide bonds. The summed E-state index contributed by atoms with van der Waals surface area (Å²) >= 11 is 12.3. The zero-order valence-electron chi connectivity index (χ0n) is 19.6. The number of hydrogen-bond donors (Lipinski definition) is 2. The molecule has 0 aromatic heterocycles. The Labute approximate surface area is 213 Å². The molecule has 1 aliphatic heterocycles. The Morgan fingerprint density at radius 3 is 2.24 bits per heavy atom. The molecule has 3 aromatic carbocycles. The van der Waals surface area contributed by atoms with Crippen molar-refractivity contribution in [2.24, 2.45) is 0 Å².